The zero-order valence-corrected chi connectivity index (χ0v) is 13.1. The number of urea groups is 1. The zero-order valence-electron chi connectivity index (χ0n) is 12.3. The summed E-state index contributed by atoms with van der Waals surface area (Å²) in [4.78, 5) is 25.5. The summed E-state index contributed by atoms with van der Waals surface area (Å²) in [6.45, 7) is 0.698. The van der Waals surface area contributed by atoms with Crippen molar-refractivity contribution >= 4 is 23.8 Å². The van der Waals surface area contributed by atoms with Crippen molar-refractivity contribution in [2.75, 3.05) is 12.3 Å². The molecule has 1 saturated heterocycles. The quantitative estimate of drug-likeness (QED) is 0.837. The lowest BCUT2D eigenvalue weighted by Crippen LogP contribution is -2.51. The van der Waals surface area contributed by atoms with E-state index < -0.39 is 12.0 Å². The van der Waals surface area contributed by atoms with Crippen molar-refractivity contribution in [3.05, 3.63) is 0 Å². The number of carbonyl (C=O) groups is 2. The van der Waals surface area contributed by atoms with Gasteiger partial charge in [-0.15, -0.1) is 11.8 Å². The Hall–Kier alpha value is -0.910. The first-order chi connectivity index (χ1) is 10.2. The second-order valence-electron chi connectivity index (χ2n) is 6.51. The molecule has 2 atom stereocenters. The molecule has 5 nitrogen and oxygen atoms in total. The molecule has 2 unspecified atom stereocenters. The van der Waals surface area contributed by atoms with E-state index in [0.29, 0.717) is 24.1 Å². The zero-order chi connectivity index (χ0) is 14.8. The summed E-state index contributed by atoms with van der Waals surface area (Å²) in [7, 11) is 0. The van der Waals surface area contributed by atoms with Crippen LogP contribution in [0.1, 0.15) is 44.9 Å². The number of hydrogen-bond donors (Lipinski definition) is 2. The third-order valence-electron chi connectivity index (χ3n) is 4.85. The average Bonchev–Trinajstić information content (AvgIpc) is 3.24. The molecule has 2 amide bonds. The molecule has 6 heteroatoms. The lowest BCUT2D eigenvalue weighted by molar-refractivity contribution is -0.141. The molecule has 2 N–H and O–H groups in total. The molecular weight excluding hydrogens is 288 g/mol. The van der Waals surface area contributed by atoms with E-state index in [1.165, 1.54) is 32.1 Å². The van der Waals surface area contributed by atoms with Crippen LogP contribution in [0.25, 0.3) is 0 Å². The number of aliphatic carboxylic acids is 1. The third-order valence-corrected chi connectivity index (χ3v) is 6.31. The lowest BCUT2D eigenvalue weighted by atomic mass is 9.89. The molecule has 0 spiro atoms. The van der Waals surface area contributed by atoms with Gasteiger partial charge in [0, 0.05) is 12.3 Å². The van der Waals surface area contributed by atoms with E-state index in [2.05, 4.69) is 5.32 Å². The Morgan fingerprint density at radius 2 is 1.86 bits per heavy atom. The number of hydrogen-bond acceptors (Lipinski definition) is 3. The Morgan fingerprint density at radius 3 is 2.48 bits per heavy atom. The van der Waals surface area contributed by atoms with E-state index in [0.717, 1.165) is 12.8 Å². The van der Waals surface area contributed by atoms with Crippen LogP contribution in [0, 0.1) is 11.8 Å². The second-order valence-corrected chi connectivity index (χ2v) is 7.66. The number of thioether (sulfide) groups is 1. The van der Waals surface area contributed by atoms with Gasteiger partial charge in [-0.25, -0.2) is 9.59 Å². The highest BCUT2D eigenvalue weighted by atomic mass is 32.2. The van der Waals surface area contributed by atoms with Crippen LogP contribution in [0.5, 0.6) is 0 Å². The molecule has 1 heterocycles. The molecule has 2 aliphatic carbocycles. The Morgan fingerprint density at radius 1 is 1.14 bits per heavy atom. The number of nitrogens with one attached hydrogen (secondary N) is 1. The fourth-order valence-electron chi connectivity index (χ4n) is 3.43. The molecule has 3 fully saturated rings. The summed E-state index contributed by atoms with van der Waals surface area (Å²) >= 11 is 1.63. The summed E-state index contributed by atoms with van der Waals surface area (Å²) in [6, 6.07) is -0.832. The van der Waals surface area contributed by atoms with Crippen LogP contribution in [0.15, 0.2) is 0 Å². The van der Waals surface area contributed by atoms with Crippen LogP contribution in [0.4, 0.5) is 4.79 Å². The van der Waals surface area contributed by atoms with Crippen LogP contribution < -0.4 is 5.32 Å². The number of carboxylic acids is 1. The number of carbonyl (C=O) groups excluding carboxylic acids is 1. The number of rotatable bonds is 4. The van der Waals surface area contributed by atoms with Gasteiger partial charge in [-0.05, 0) is 37.5 Å². The lowest BCUT2D eigenvalue weighted by Gasteiger charge is -2.29. The van der Waals surface area contributed by atoms with Gasteiger partial charge in [0.1, 0.15) is 6.04 Å². The van der Waals surface area contributed by atoms with Crippen molar-refractivity contribution in [2.45, 2.75) is 56.4 Å². The standard InChI is InChI=1S/C15H24N2O3S/c18-14(19)12-9-21-13(11-6-7-11)17(12)15(20)16-8-10-4-2-1-3-5-10/h10-13H,1-9H2,(H,16,20)(H,18,19). The van der Waals surface area contributed by atoms with Gasteiger partial charge in [0.05, 0.1) is 5.37 Å². The van der Waals surface area contributed by atoms with E-state index in [4.69, 9.17) is 0 Å². The number of carboxylic acid groups (broad SMARTS) is 1. The normalized spacial score (nSPS) is 30.4. The molecule has 0 aromatic carbocycles. The molecule has 3 aliphatic rings. The summed E-state index contributed by atoms with van der Waals surface area (Å²) in [5, 5.41) is 12.4. The van der Waals surface area contributed by atoms with E-state index in [1.54, 1.807) is 16.7 Å². The van der Waals surface area contributed by atoms with E-state index in [-0.39, 0.29) is 11.4 Å². The highest BCUT2D eigenvalue weighted by Crippen LogP contribution is 2.45. The van der Waals surface area contributed by atoms with Crippen LogP contribution in [0.2, 0.25) is 0 Å². The molecule has 1 aliphatic heterocycles. The fourth-order valence-corrected chi connectivity index (χ4v) is 5.06. The second kappa shape index (κ2) is 6.46. The topological polar surface area (TPSA) is 69.6 Å². The van der Waals surface area contributed by atoms with Crippen LogP contribution in [0.3, 0.4) is 0 Å². The van der Waals surface area contributed by atoms with Crippen molar-refractivity contribution in [3.63, 3.8) is 0 Å². The van der Waals surface area contributed by atoms with Gasteiger partial charge in [0.15, 0.2) is 0 Å². The maximum atomic E-state index is 12.5. The molecule has 3 rings (SSSR count). The van der Waals surface area contributed by atoms with Gasteiger partial charge in [-0.3, -0.25) is 4.90 Å². The molecule has 0 bridgehead atoms. The highest BCUT2D eigenvalue weighted by Gasteiger charge is 2.48. The fraction of sp³-hybridized carbons (Fsp3) is 0.867. The minimum atomic E-state index is -0.876. The minimum Gasteiger partial charge on any atom is -0.480 e. The maximum Gasteiger partial charge on any atom is 0.327 e. The summed E-state index contributed by atoms with van der Waals surface area (Å²) < 4.78 is 0. The first kappa shape index (κ1) is 15.0. The third kappa shape index (κ3) is 3.47. The average molecular weight is 312 g/mol. The largest absolute Gasteiger partial charge is 0.480 e. The van der Waals surface area contributed by atoms with Gasteiger partial charge < -0.3 is 10.4 Å². The SMILES string of the molecule is O=C(O)C1CSC(C2CC2)N1C(=O)NCC1CCCCC1. The molecular formula is C15H24N2O3S. The van der Waals surface area contributed by atoms with Crippen LogP contribution in [-0.2, 0) is 4.79 Å². The monoisotopic (exact) mass is 312 g/mol. The molecule has 0 radical (unpaired) electrons. The Labute approximate surface area is 129 Å². The van der Waals surface area contributed by atoms with E-state index in [9.17, 15) is 14.7 Å². The molecule has 2 saturated carbocycles. The van der Waals surface area contributed by atoms with E-state index >= 15 is 0 Å². The smallest absolute Gasteiger partial charge is 0.327 e. The maximum absolute atomic E-state index is 12.5. The van der Waals surface area contributed by atoms with Crippen LogP contribution in [-0.4, -0.2) is 45.7 Å². The van der Waals surface area contributed by atoms with Crippen molar-refractivity contribution in [3.8, 4) is 0 Å². The van der Waals surface area contributed by atoms with Gasteiger partial charge in [0.25, 0.3) is 0 Å². The first-order valence-electron chi connectivity index (χ1n) is 8.07. The molecule has 0 aromatic heterocycles. The Balaban J connectivity index is 1.58. The van der Waals surface area contributed by atoms with Crippen molar-refractivity contribution in [2.24, 2.45) is 11.8 Å². The molecule has 21 heavy (non-hydrogen) atoms. The first-order valence-corrected chi connectivity index (χ1v) is 9.12. The van der Waals surface area contributed by atoms with Crippen LogP contribution >= 0.6 is 11.8 Å². The van der Waals surface area contributed by atoms with Gasteiger partial charge in [0.2, 0.25) is 0 Å². The molecule has 0 aromatic rings. The summed E-state index contributed by atoms with van der Waals surface area (Å²) in [5.41, 5.74) is 0. The number of amides is 2. The minimum absolute atomic E-state index is 0.0671. The van der Waals surface area contributed by atoms with Crippen molar-refractivity contribution in [1.82, 2.24) is 10.2 Å². The Kier molecular flexibility index (Phi) is 4.62. The molecule has 118 valence electrons. The summed E-state index contributed by atoms with van der Waals surface area (Å²) in [6.07, 6.45) is 8.42. The Bertz CT molecular complexity index is 408. The van der Waals surface area contributed by atoms with Crippen molar-refractivity contribution in [1.29, 1.82) is 0 Å². The number of nitrogens with zero attached hydrogens (tertiary/aromatic N) is 1. The predicted octanol–water partition coefficient (Wildman–Crippen LogP) is 2.51. The van der Waals surface area contributed by atoms with Gasteiger partial charge >= 0.3 is 12.0 Å². The van der Waals surface area contributed by atoms with Crippen molar-refractivity contribution < 1.29 is 14.7 Å². The summed E-state index contributed by atoms with van der Waals surface area (Å²) in [5.74, 6) is 0.715. The van der Waals surface area contributed by atoms with E-state index in [1.807, 2.05) is 0 Å². The van der Waals surface area contributed by atoms with Gasteiger partial charge in [-0.2, -0.15) is 0 Å². The van der Waals surface area contributed by atoms with Gasteiger partial charge in [-0.1, -0.05) is 19.3 Å². The highest BCUT2D eigenvalue weighted by molar-refractivity contribution is 8.00. The predicted molar refractivity (Wildman–Crippen MR) is 82.2 cm³/mol.